The SMILES string of the molecule is CC1(C)C2CCCC=C2C2=C(N(C3=CC=CCC3)C3C=C4C(=CC3)OC3CCC=C(C5(c6ccccc6)C6C=CCCC6C6CCCCC65)C43)CCCC21. The van der Waals surface area contributed by atoms with Crippen LogP contribution in [0.15, 0.2) is 124 Å². The van der Waals surface area contributed by atoms with E-state index in [1.807, 2.05) is 0 Å². The van der Waals surface area contributed by atoms with Crippen molar-refractivity contribution < 1.29 is 4.74 Å². The van der Waals surface area contributed by atoms with E-state index in [2.05, 4.69) is 104 Å². The normalized spacial score (nSPS) is 40.0. The summed E-state index contributed by atoms with van der Waals surface area (Å²) in [5.74, 6) is 5.91. The fourth-order valence-corrected chi connectivity index (χ4v) is 15.1. The number of rotatable bonds is 5. The molecule has 1 saturated heterocycles. The van der Waals surface area contributed by atoms with Gasteiger partial charge in [0, 0.05) is 28.3 Å². The summed E-state index contributed by atoms with van der Waals surface area (Å²) in [5, 5.41) is 0. The molecular formula is C52H63NO. The molecule has 0 radical (unpaired) electrons. The lowest BCUT2D eigenvalue weighted by Crippen LogP contribution is -2.46. The van der Waals surface area contributed by atoms with Crippen LogP contribution in [-0.2, 0) is 10.2 Å². The number of allylic oxidation sites excluding steroid dienone is 12. The summed E-state index contributed by atoms with van der Waals surface area (Å²) in [6.45, 7) is 5.23. The van der Waals surface area contributed by atoms with Crippen LogP contribution in [0.4, 0.5) is 0 Å². The van der Waals surface area contributed by atoms with E-state index in [1.54, 1.807) is 33.7 Å². The smallest absolute Gasteiger partial charge is 0.119 e. The van der Waals surface area contributed by atoms with E-state index in [9.17, 15) is 0 Å². The zero-order valence-corrected chi connectivity index (χ0v) is 33.2. The van der Waals surface area contributed by atoms with Gasteiger partial charge in [0.25, 0.3) is 0 Å². The Balaban J connectivity index is 1.06. The Labute approximate surface area is 326 Å². The summed E-state index contributed by atoms with van der Waals surface area (Å²) < 4.78 is 7.17. The maximum atomic E-state index is 7.17. The Morgan fingerprint density at radius 3 is 2.52 bits per heavy atom. The standard InChI is InChI=1S/C52H63NO/c1-51(2)41-24-12-11-23-39(41)49-44(51)27-15-29-46(49)53(35-19-7-4-8-20-35)36-31-32-47-40(33-36)50-45(28-16-30-48(50)54-47)52(34-17-5-3-6-18-34)42-25-13-9-21-37(42)38-22-10-14-26-43(38)52/h3-7,13,17-19,23,25,28,32-33,36-38,41-44,48,50H,8-12,14-16,20-22,24,26-27,29-31H2,1-2H3. The van der Waals surface area contributed by atoms with Crippen molar-refractivity contribution >= 4 is 0 Å². The number of fused-ring (bicyclic) bond motifs is 9. The molecule has 0 amide bonds. The van der Waals surface area contributed by atoms with Crippen molar-refractivity contribution in [3.63, 3.8) is 0 Å². The number of hydrogen-bond donors (Lipinski definition) is 0. The Bertz CT molecular complexity index is 1930. The van der Waals surface area contributed by atoms with E-state index in [0.717, 1.165) is 49.9 Å². The molecule has 0 bridgehead atoms. The van der Waals surface area contributed by atoms with Crippen molar-refractivity contribution in [3.8, 4) is 0 Å². The van der Waals surface area contributed by atoms with Gasteiger partial charge in [0.15, 0.2) is 0 Å². The van der Waals surface area contributed by atoms with Gasteiger partial charge in [-0.15, -0.1) is 0 Å². The number of hydrogen-bond acceptors (Lipinski definition) is 2. The molecular weight excluding hydrogens is 655 g/mol. The quantitative estimate of drug-likeness (QED) is 0.281. The van der Waals surface area contributed by atoms with Gasteiger partial charge in [-0.2, -0.15) is 0 Å². The third-order valence-corrected chi connectivity index (χ3v) is 17.1. The molecule has 0 aromatic heterocycles. The van der Waals surface area contributed by atoms with Crippen LogP contribution >= 0.6 is 0 Å². The average Bonchev–Trinajstić information content (AvgIpc) is 3.83. The van der Waals surface area contributed by atoms with Crippen molar-refractivity contribution in [2.75, 3.05) is 0 Å². The monoisotopic (exact) mass is 717 g/mol. The molecule has 0 spiro atoms. The van der Waals surface area contributed by atoms with E-state index >= 15 is 0 Å². The molecule has 2 heteroatoms. The highest BCUT2D eigenvalue weighted by molar-refractivity contribution is 5.55. The predicted molar refractivity (Wildman–Crippen MR) is 221 cm³/mol. The molecule has 282 valence electrons. The van der Waals surface area contributed by atoms with E-state index in [0.29, 0.717) is 35.1 Å². The molecule has 11 rings (SSSR count). The van der Waals surface area contributed by atoms with Crippen LogP contribution < -0.4 is 0 Å². The molecule has 1 aromatic rings. The van der Waals surface area contributed by atoms with Gasteiger partial charge >= 0.3 is 0 Å². The first-order chi connectivity index (χ1) is 26.6. The molecule has 2 nitrogen and oxygen atoms in total. The second kappa shape index (κ2) is 13.2. The zero-order valence-electron chi connectivity index (χ0n) is 33.2. The van der Waals surface area contributed by atoms with Crippen LogP contribution in [0.25, 0.3) is 0 Å². The lowest BCUT2D eigenvalue weighted by molar-refractivity contribution is 0.112. The van der Waals surface area contributed by atoms with E-state index in [4.69, 9.17) is 4.74 Å². The highest BCUT2D eigenvalue weighted by atomic mass is 16.5. The molecule has 10 unspecified atom stereocenters. The van der Waals surface area contributed by atoms with Gasteiger partial charge in [-0.05, 0) is 166 Å². The molecule has 4 fully saturated rings. The number of benzene rings is 1. The highest BCUT2D eigenvalue weighted by Crippen LogP contribution is 2.69. The second-order valence-electron chi connectivity index (χ2n) is 19.6. The second-order valence-corrected chi connectivity index (χ2v) is 19.6. The predicted octanol–water partition coefficient (Wildman–Crippen LogP) is 13.0. The first-order valence-corrected chi connectivity index (χ1v) is 22.7. The molecule has 1 aliphatic heterocycles. The van der Waals surface area contributed by atoms with Gasteiger partial charge in [-0.1, -0.05) is 105 Å². The Kier molecular flexibility index (Phi) is 8.30. The van der Waals surface area contributed by atoms with E-state index < -0.39 is 0 Å². The van der Waals surface area contributed by atoms with Gasteiger partial charge < -0.3 is 9.64 Å². The first kappa shape index (κ1) is 34.0. The van der Waals surface area contributed by atoms with Crippen LogP contribution in [-0.4, -0.2) is 17.0 Å². The highest BCUT2D eigenvalue weighted by Gasteiger charge is 2.64. The summed E-state index contributed by atoms with van der Waals surface area (Å²) in [5.41, 5.74) is 12.0. The summed E-state index contributed by atoms with van der Waals surface area (Å²) in [6.07, 6.45) is 45.3. The maximum absolute atomic E-state index is 7.17. The third kappa shape index (κ3) is 4.89. The minimum atomic E-state index is 0.0549. The Morgan fingerprint density at radius 1 is 0.741 bits per heavy atom. The molecule has 1 aromatic carbocycles. The Morgan fingerprint density at radius 2 is 1.63 bits per heavy atom. The van der Waals surface area contributed by atoms with Crippen molar-refractivity contribution in [1.82, 2.24) is 4.90 Å². The molecule has 10 atom stereocenters. The van der Waals surface area contributed by atoms with E-state index in [1.165, 1.54) is 88.4 Å². The average molecular weight is 718 g/mol. The van der Waals surface area contributed by atoms with Gasteiger partial charge in [0.1, 0.15) is 11.9 Å². The zero-order chi connectivity index (χ0) is 36.0. The van der Waals surface area contributed by atoms with Crippen molar-refractivity contribution in [2.45, 2.75) is 141 Å². The fraction of sp³-hybridized carbons (Fsp3) is 0.577. The van der Waals surface area contributed by atoms with Gasteiger partial charge in [-0.3, -0.25) is 0 Å². The molecule has 54 heavy (non-hydrogen) atoms. The van der Waals surface area contributed by atoms with Gasteiger partial charge in [-0.25, -0.2) is 0 Å². The van der Waals surface area contributed by atoms with Crippen molar-refractivity contribution in [1.29, 1.82) is 0 Å². The molecule has 0 N–H and O–H groups in total. The summed E-state index contributed by atoms with van der Waals surface area (Å²) in [4.78, 5) is 2.93. The van der Waals surface area contributed by atoms with Crippen LogP contribution in [0.2, 0.25) is 0 Å². The van der Waals surface area contributed by atoms with Crippen LogP contribution in [0.1, 0.15) is 129 Å². The minimum Gasteiger partial charge on any atom is -0.489 e. The fourth-order valence-electron chi connectivity index (χ4n) is 15.1. The third-order valence-electron chi connectivity index (χ3n) is 17.1. The summed E-state index contributed by atoms with van der Waals surface area (Å²) in [7, 11) is 0. The van der Waals surface area contributed by atoms with Gasteiger partial charge in [0.2, 0.25) is 0 Å². The molecule has 9 aliphatic carbocycles. The topological polar surface area (TPSA) is 12.5 Å². The maximum Gasteiger partial charge on any atom is 0.119 e. The van der Waals surface area contributed by atoms with Crippen LogP contribution in [0.3, 0.4) is 0 Å². The van der Waals surface area contributed by atoms with E-state index in [-0.39, 0.29) is 11.5 Å². The summed E-state index contributed by atoms with van der Waals surface area (Å²) >= 11 is 0. The van der Waals surface area contributed by atoms with Crippen molar-refractivity contribution in [2.24, 2.45) is 46.8 Å². The number of nitrogens with zero attached hydrogens (tertiary/aromatic N) is 1. The lowest BCUT2D eigenvalue weighted by Gasteiger charge is -2.49. The Hall–Kier alpha value is -3.26. The van der Waals surface area contributed by atoms with Crippen LogP contribution in [0, 0.1) is 46.8 Å². The molecule has 10 aliphatic rings. The first-order valence-electron chi connectivity index (χ1n) is 22.7. The largest absolute Gasteiger partial charge is 0.489 e. The molecule has 1 heterocycles. The molecule has 3 saturated carbocycles. The van der Waals surface area contributed by atoms with Crippen LogP contribution in [0.5, 0.6) is 0 Å². The number of ether oxygens (including phenoxy) is 1. The summed E-state index contributed by atoms with van der Waals surface area (Å²) in [6, 6.07) is 12.3. The lowest BCUT2D eigenvalue weighted by atomic mass is 9.54. The van der Waals surface area contributed by atoms with Crippen molar-refractivity contribution in [3.05, 3.63) is 130 Å². The minimum absolute atomic E-state index is 0.0549. The van der Waals surface area contributed by atoms with Gasteiger partial charge in [0.05, 0.1) is 6.04 Å².